The molecule has 0 aliphatic rings. The Labute approximate surface area is 99.5 Å². The fraction of sp³-hybridized carbons (Fsp3) is 0.300. The van der Waals surface area contributed by atoms with Crippen LogP contribution in [-0.4, -0.2) is 4.98 Å². The Hall–Kier alpha value is -1.53. The smallest absolute Gasteiger partial charge is 0.236 e. The van der Waals surface area contributed by atoms with Crippen LogP contribution >= 0.6 is 15.9 Å². The van der Waals surface area contributed by atoms with Gasteiger partial charge in [0.25, 0.3) is 6.43 Å². The zero-order valence-electron chi connectivity index (χ0n) is 8.04. The van der Waals surface area contributed by atoms with Crippen LogP contribution in [0.3, 0.4) is 0 Å². The Balaban J connectivity index is 3.39. The van der Waals surface area contributed by atoms with Crippen molar-refractivity contribution in [3.8, 4) is 12.1 Å². The van der Waals surface area contributed by atoms with Gasteiger partial charge in [0.05, 0.1) is 12.5 Å². The van der Waals surface area contributed by atoms with E-state index in [1.165, 1.54) is 6.07 Å². The number of nitrogens with zero attached hydrogens (tertiary/aromatic N) is 3. The van der Waals surface area contributed by atoms with Gasteiger partial charge < -0.3 is 0 Å². The lowest BCUT2D eigenvalue weighted by atomic mass is 10.0. The molecule has 0 spiro atoms. The third-order valence-electron chi connectivity index (χ3n) is 1.97. The van der Waals surface area contributed by atoms with E-state index in [9.17, 15) is 8.78 Å². The van der Waals surface area contributed by atoms with Crippen molar-refractivity contribution in [2.45, 2.75) is 18.2 Å². The fourth-order valence-electron chi connectivity index (χ4n) is 1.25. The first-order chi connectivity index (χ1) is 7.63. The third kappa shape index (κ3) is 2.53. The molecule has 0 atom stereocenters. The molecule has 0 saturated carbocycles. The highest BCUT2D eigenvalue weighted by Crippen LogP contribution is 2.23. The molecule has 1 heterocycles. The molecule has 82 valence electrons. The first-order valence-corrected chi connectivity index (χ1v) is 5.40. The Morgan fingerprint density at radius 1 is 1.44 bits per heavy atom. The van der Waals surface area contributed by atoms with Gasteiger partial charge in [-0.05, 0) is 11.6 Å². The van der Waals surface area contributed by atoms with Crippen molar-refractivity contribution >= 4 is 15.9 Å². The summed E-state index contributed by atoms with van der Waals surface area (Å²) < 4.78 is 24.9. The Morgan fingerprint density at radius 2 is 2.12 bits per heavy atom. The van der Waals surface area contributed by atoms with Crippen molar-refractivity contribution < 1.29 is 8.78 Å². The molecule has 1 aromatic rings. The predicted octanol–water partition coefficient (Wildman–Crippen LogP) is 2.85. The van der Waals surface area contributed by atoms with Crippen molar-refractivity contribution in [3.63, 3.8) is 0 Å². The lowest BCUT2D eigenvalue weighted by molar-refractivity contribution is 0.146. The van der Waals surface area contributed by atoms with Crippen molar-refractivity contribution in [1.82, 2.24) is 4.98 Å². The molecule has 3 nitrogen and oxygen atoms in total. The van der Waals surface area contributed by atoms with Gasteiger partial charge in [0.2, 0.25) is 0 Å². The van der Waals surface area contributed by atoms with Crippen LogP contribution in [0.15, 0.2) is 6.07 Å². The first-order valence-electron chi connectivity index (χ1n) is 4.27. The molecule has 0 amide bonds. The number of hydrogen-bond acceptors (Lipinski definition) is 3. The second kappa shape index (κ2) is 5.53. The van der Waals surface area contributed by atoms with E-state index in [1.54, 1.807) is 6.07 Å². The second-order valence-electron chi connectivity index (χ2n) is 2.91. The van der Waals surface area contributed by atoms with Crippen LogP contribution in [0.4, 0.5) is 8.78 Å². The number of hydrogen-bond donors (Lipinski definition) is 0. The predicted molar refractivity (Wildman–Crippen MR) is 55.9 cm³/mol. The Morgan fingerprint density at radius 3 is 2.56 bits per heavy atom. The number of rotatable bonds is 3. The Bertz CT molecular complexity index is 474. The van der Waals surface area contributed by atoms with E-state index >= 15 is 0 Å². The van der Waals surface area contributed by atoms with Crippen LogP contribution in [0.25, 0.3) is 0 Å². The summed E-state index contributed by atoms with van der Waals surface area (Å²) in [7, 11) is 0. The highest BCUT2D eigenvalue weighted by atomic mass is 79.9. The minimum absolute atomic E-state index is 0.0135. The zero-order chi connectivity index (χ0) is 12.1. The quantitative estimate of drug-likeness (QED) is 0.803. The maximum absolute atomic E-state index is 12.5. The van der Waals surface area contributed by atoms with Gasteiger partial charge in [0, 0.05) is 10.9 Å². The van der Waals surface area contributed by atoms with E-state index in [1.807, 2.05) is 6.07 Å². The maximum Gasteiger partial charge on any atom is 0.280 e. The molecule has 0 bridgehead atoms. The van der Waals surface area contributed by atoms with Gasteiger partial charge in [-0.25, -0.2) is 13.8 Å². The van der Waals surface area contributed by atoms with Crippen molar-refractivity contribution in [2.24, 2.45) is 0 Å². The lowest BCUT2D eigenvalue weighted by Gasteiger charge is -2.08. The van der Waals surface area contributed by atoms with Crippen molar-refractivity contribution in [1.29, 1.82) is 10.5 Å². The summed E-state index contributed by atoms with van der Waals surface area (Å²) >= 11 is 3.13. The van der Waals surface area contributed by atoms with Crippen LogP contribution in [0, 0.1) is 22.7 Å². The summed E-state index contributed by atoms with van der Waals surface area (Å²) in [5.74, 6) is 0. The van der Waals surface area contributed by atoms with Gasteiger partial charge in [-0.15, -0.1) is 0 Å². The molecule has 0 N–H and O–H groups in total. The topological polar surface area (TPSA) is 60.5 Å². The molecular weight excluding hydrogens is 280 g/mol. The number of nitriles is 2. The van der Waals surface area contributed by atoms with Gasteiger partial charge in [-0.3, -0.25) is 0 Å². The standard InChI is InChI=1S/C10H6BrF2N3/c11-4-6-3-8(10(12)13)16-9(5-15)7(6)1-2-14/h3,10H,1,4H2. The van der Waals surface area contributed by atoms with Gasteiger partial charge in [0.15, 0.2) is 0 Å². The van der Waals surface area contributed by atoms with E-state index in [2.05, 4.69) is 20.9 Å². The molecule has 16 heavy (non-hydrogen) atoms. The van der Waals surface area contributed by atoms with Gasteiger partial charge in [-0.2, -0.15) is 10.5 Å². The van der Waals surface area contributed by atoms with E-state index in [0.717, 1.165) is 0 Å². The summed E-state index contributed by atoms with van der Waals surface area (Å²) in [5.41, 5.74) is 0.371. The minimum atomic E-state index is -2.72. The molecule has 0 aliphatic heterocycles. The molecule has 1 aromatic heterocycles. The van der Waals surface area contributed by atoms with E-state index < -0.39 is 12.1 Å². The number of halogens is 3. The van der Waals surface area contributed by atoms with E-state index in [0.29, 0.717) is 16.5 Å². The SMILES string of the molecule is N#CCc1c(CBr)cc(C(F)F)nc1C#N. The molecule has 6 heteroatoms. The van der Waals surface area contributed by atoms with Crippen LogP contribution in [0.2, 0.25) is 0 Å². The zero-order valence-corrected chi connectivity index (χ0v) is 9.63. The van der Waals surface area contributed by atoms with Crippen molar-refractivity contribution in [2.75, 3.05) is 0 Å². The molecule has 0 unspecified atom stereocenters. The summed E-state index contributed by atoms with van der Waals surface area (Å²) in [6.45, 7) is 0. The monoisotopic (exact) mass is 285 g/mol. The molecule has 0 fully saturated rings. The van der Waals surface area contributed by atoms with Crippen LogP contribution in [-0.2, 0) is 11.8 Å². The van der Waals surface area contributed by atoms with Crippen LogP contribution in [0.1, 0.15) is 28.9 Å². The average molecular weight is 286 g/mol. The fourth-order valence-corrected chi connectivity index (χ4v) is 1.75. The molecule has 1 rings (SSSR count). The van der Waals surface area contributed by atoms with Gasteiger partial charge >= 0.3 is 0 Å². The highest BCUT2D eigenvalue weighted by molar-refractivity contribution is 9.08. The maximum atomic E-state index is 12.5. The highest BCUT2D eigenvalue weighted by Gasteiger charge is 2.16. The minimum Gasteiger partial charge on any atom is -0.236 e. The van der Waals surface area contributed by atoms with Crippen molar-refractivity contribution in [3.05, 3.63) is 28.6 Å². The number of pyridine rings is 1. The van der Waals surface area contributed by atoms with Gasteiger partial charge in [-0.1, -0.05) is 15.9 Å². The third-order valence-corrected chi connectivity index (χ3v) is 2.57. The second-order valence-corrected chi connectivity index (χ2v) is 3.48. The molecule has 0 radical (unpaired) electrons. The molecule has 0 aliphatic carbocycles. The van der Waals surface area contributed by atoms with E-state index in [4.69, 9.17) is 10.5 Å². The molecular formula is C10H6BrF2N3. The average Bonchev–Trinajstić information content (AvgIpc) is 2.29. The van der Waals surface area contributed by atoms with Gasteiger partial charge in [0.1, 0.15) is 17.5 Å². The lowest BCUT2D eigenvalue weighted by Crippen LogP contribution is -2.03. The first kappa shape index (κ1) is 12.5. The summed E-state index contributed by atoms with van der Waals surface area (Å²) in [5, 5.41) is 17.7. The summed E-state index contributed by atoms with van der Waals surface area (Å²) in [6, 6.07) is 4.83. The Kier molecular flexibility index (Phi) is 4.33. The normalized spacial score (nSPS) is 9.88. The molecule has 0 saturated heterocycles. The molecule has 0 aromatic carbocycles. The number of aromatic nitrogens is 1. The summed E-state index contributed by atoms with van der Waals surface area (Å²) in [4.78, 5) is 3.53. The summed E-state index contributed by atoms with van der Waals surface area (Å²) in [6.07, 6.45) is -2.73. The number of alkyl halides is 3. The largest absolute Gasteiger partial charge is 0.280 e. The van der Waals surface area contributed by atoms with Crippen LogP contribution < -0.4 is 0 Å². The van der Waals surface area contributed by atoms with Crippen LogP contribution in [0.5, 0.6) is 0 Å². The van der Waals surface area contributed by atoms with E-state index in [-0.39, 0.29) is 12.1 Å².